The van der Waals surface area contributed by atoms with E-state index in [0.29, 0.717) is 5.75 Å². The molecule has 0 radical (unpaired) electrons. The summed E-state index contributed by atoms with van der Waals surface area (Å²) in [6, 6.07) is 12.2. The number of nitro benzene ring substituents is 1. The summed E-state index contributed by atoms with van der Waals surface area (Å²) in [5, 5.41) is 10.9. The van der Waals surface area contributed by atoms with Crippen LogP contribution in [0, 0.1) is 10.1 Å². The first-order valence-corrected chi connectivity index (χ1v) is 5.72. The molecule has 0 aromatic heterocycles. The lowest BCUT2D eigenvalue weighted by Gasteiger charge is -2.08. The topological polar surface area (TPSA) is 78.7 Å². The van der Waals surface area contributed by atoms with Crippen LogP contribution in [0.4, 0.5) is 5.69 Å². The summed E-state index contributed by atoms with van der Waals surface area (Å²) in [5.74, 6) is -0.223. The Bertz CT molecular complexity index is 654. The van der Waals surface area contributed by atoms with Crippen LogP contribution >= 0.6 is 0 Å². The maximum Gasteiger partial charge on any atom is 0.350 e. The van der Waals surface area contributed by atoms with E-state index in [2.05, 4.69) is 0 Å². The van der Waals surface area contributed by atoms with Crippen LogP contribution in [-0.2, 0) is 0 Å². The number of carbonyl (C=O) groups excluding carboxylic acids is 1. The fourth-order valence-corrected chi connectivity index (χ4v) is 1.66. The van der Waals surface area contributed by atoms with Gasteiger partial charge in [-0.1, -0.05) is 24.3 Å². The minimum atomic E-state index is -0.804. The maximum absolute atomic E-state index is 12.0. The summed E-state index contributed by atoms with van der Waals surface area (Å²) in [7, 11) is 1.44. The average Bonchev–Trinajstić information content (AvgIpc) is 2.47. The van der Waals surface area contributed by atoms with Crippen LogP contribution in [0.3, 0.4) is 0 Å². The fraction of sp³-hybridized carbons (Fsp3) is 0.0714. The van der Waals surface area contributed by atoms with Gasteiger partial charge in [-0.25, -0.2) is 4.79 Å². The van der Waals surface area contributed by atoms with Crippen molar-refractivity contribution in [1.82, 2.24) is 0 Å². The summed E-state index contributed by atoms with van der Waals surface area (Å²) in [5.41, 5.74) is -0.407. The molecule has 0 aliphatic rings. The van der Waals surface area contributed by atoms with Crippen LogP contribution in [0.2, 0.25) is 0 Å². The molecule has 0 atom stereocenters. The monoisotopic (exact) mass is 273 g/mol. The van der Waals surface area contributed by atoms with Gasteiger partial charge in [0.05, 0.1) is 12.0 Å². The molecule has 2 rings (SSSR count). The Kier molecular flexibility index (Phi) is 3.95. The van der Waals surface area contributed by atoms with Gasteiger partial charge in [-0.3, -0.25) is 10.1 Å². The van der Waals surface area contributed by atoms with E-state index in [1.165, 1.54) is 31.4 Å². The zero-order chi connectivity index (χ0) is 14.5. The second kappa shape index (κ2) is 5.83. The van der Waals surface area contributed by atoms with E-state index >= 15 is 0 Å². The lowest BCUT2D eigenvalue weighted by molar-refractivity contribution is -0.385. The van der Waals surface area contributed by atoms with Crippen LogP contribution in [0.15, 0.2) is 48.5 Å². The minimum Gasteiger partial charge on any atom is -0.493 e. The van der Waals surface area contributed by atoms with Gasteiger partial charge in [-0.05, 0) is 18.2 Å². The smallest absolute Gasteiger partial charge is 0.350 e. The fourth-order valence-electron chi connectivity index (χ4n) is 1.66. The second-order valence-electron chi connectivity index (χ2n) is 3.81. The Morgan fingerprint density at radius 3 is 2.30 bits per heavy atom. The van der Waals surface area contributed by atoms with Crippen molar-refractivity contribution in [3.63, 3.8) is 0 Å². The van der Waals surface area contributed by atoms with Crippen molar-refractivity contribution < 1.29 is 19.2 Å². The molecule has 0 amide bonds. The predicted octanol–water partition coefficient (Wildman–Crippen LogP) is 2.82. The van der Waals surface area contributed by atoms with Gasteiger partial charge in [0.15, 0.2) is 11.5 Å². The van der Waals surface area contributed by atoms with Crippen molar-refractivity contribution in [2.75, 3.05) is 7.11 Å². The van der Waals surface area contributed by atoms with E-state index in [9.17, 15) is 14.9 Å². The van der Waals surface area contributed by atoms with Crippen LogP contribution < -0.4 is 9.47 Å². The van der Waals surface area contributed by atoms with Gasteiger partial charge >= 0.3 is 5.97 Å². The molecule has 0 aliphatic carbocycles. The molecule has 0 saturated carbocycles. The molecule has 102 valence electrons. The highest BCUT2D eigenvalue weighted by atomic mass is 16.6. The van der Waals surface area contributed by atoms with Gasteiger partial charge in [-0.15, -0.1) is 0 Å². The van der Waals surface area contributed by atoms with E-state index in [-0.39, 0.29) is 17.0 Å². The van der Waals surface area contributed by atoms with Crippen molar-refractivity contribution in [3.8, 4) is 11.5 Å². The third kappa shape index (κ3) is 2.74. The predicted molar refractivity (Wildman–Crippen MR) is 71.0 cm³/mol. The molecule has 0 fully saturated rings. The first-order valence-electron chi connectivity index (χ1n) is 5.72. The highest BCUT2D eigenvalue weighted by Gasteiger charge is 2.21. The second-order valence-corrected chi connectivity index (χ2v) is 3.81. The Morgan fingerprint density at radius 1 is 1.05 bits per heavy atom. The van der Waals surface area contributed by atoms with Crippen molar-refractivity contribution in [1.29, 1.82) is 0 Å². The standard InChI is InChI=1S/C14H11NO5/c1-19-12-8-4-5-9-13(12)20-14(16)10-6-2-3-7-11(10)15(17)18/h2-9H,1H3. The molecule has 0 bridgehead atoms. The van der Waals surface area contributed by atoms with Gasteiger partial charge < -0.3 is 9.47 Å². The first kappa shape index (κ1) is 13.5. The quantitative estimate of drug-likeness (QED) is 0.370. The molecule has 0 N–H and O–H groups in total. The Morgan fingerprint density at radius 2 is 1.65 bits per heavy atom. The molecule has 2 aromatic carbocycles. The van der Waals surface area contributed by atoms with E-state index in [0.717, 1.165) is 0 Å². The van der Waals surface area contributed by atoms with E-state index in [1.54, 1.807) is 24.3 Å². The lowest BCUT2D eigenvalue weighted by atomic mass is 10.2. The number of hydrogen-bond donors (Lipinski definition) is 0. The van der Waals surface area contributed by atoms with E-state index in [1.807, 2.05) is 0 Å². The number of rotatable bonds is 4. The number of nitro groups is 1. The van der Waals surface area contributed by atoms with E-state index < -0.39 is 10.9 Å². The van der Waals surface area contributed by atoms with Gasteiger partial charge in [0, 0.05) is 6.07 Å². The van der Waals surface area contributed by atoms with Gasteiger partial charge in [-0.2, -0.15) is 0 Å². The molecule has 0 spiro atoms. The van der Waals surface area contributed by atoms with Crippen LogP contribution in [-0.4, -0.2) is 18.0 Å². The van der Waals surface area contributed by atoms with Crippen LogP contribution in [0.5, 0.6) is 11.5 Å². The molecule has 20 heavy (non-hydrogen) atoms. The number of hydrogen-bond acceptors (Lipinski definition) is 5. The average molecular weight is 273 g/mol. The summed E-state index contributed by atoms with van der Waals surface area (Å²) in [4.78, 5) is 22.3. The number of ether oxygens (including phenoxy) is 2. The highest BCUT2D eigenvalue weighted by Crippen LogP contribution is 2.28. The van der Waals surface area contributed by atoms with Crippen molar-refractivity contribution in [3.05, 3.63) is 64.2 Å². The molecular formula is C14H11NO5. The minimum absolute atomic E-state index is 0.108. The zero-order valence-corrected chi connectivity index (χ0v) is 10.6. The number of carbonyl (C=O) groups is 1. The highest BCUT2D eigenvalue weighted by molar-refractivity contribution is 5.95. The summed E-state index contributed by atoms with van der Waals surface area (Å²) in [6.45, 7) is 0. The third-order valence-corrected chi connectivity index (χ3v) is 2.59. The van der Waals surface area contributed by atoms with Gasteiger partial charge in [0.25, 0.3) is 5.69 Å². The number of para-hydroxylation sites is 3. The lowest BCUT2D eigenvalue weighted by Crippen LogP contribution is -2.11. The Balaban J connectivity index is 2.31. The van der Waals surface area contributed by atoms with Gasteiger partial charge in [0.2, 0.25) is 0 Å². The zero-order valence-electron chi connectivity index (χ0n) is 10.6. The maximum atomic E-state index is 12.0. The first-order chi connectivity index (χ1) is 9.63. The van der Waals surface area contributed by atoms with Crippen molar-refractivity contribution in [2.24, 2.45) is 0 Å². The summed E-state index contributed by atoms with van der Waals surface area (Å²) in [6.07, 6.45) is 0. The number of methoxy groups -OCH3 is 1. The molecule has 2 aromatic rings. The molecule has 0 saturated heterocycles. The number of nitrogens with zero attached hydrogens (tertiary/aromatic N) is 1. The molecule has 0 aliphatic heterocycles. The van der Waals surface area contributed by atoms with Crippen LogP contribution in [0.25, 0.3) is 0 Å². The SMILES string of the molecule is COc1ccccc1OC(=O)c1ccccc1[N+](=O)[O-]. The molecule has 0 heterocycles. The number of esters is 1. The largest absolute Gasteiger partial charge is 0.493 e. The summed E-state index contributed by atoms with van der Waals surface area (Å²) < 4.78 is 10.2. The molecule has 6 heteroatoms. The van der Waals surface area contributed by atoms with Gasteiger partial charge in [0.1, 0.15) is 5.56 Å². The normalized spacial score (nSPS) is 9.85. The number of benzene rings is 2. The molecule has 6 nitrogen and oxygen atoms in total. The Labute approximate surface area is 114 Å². The molecular weight excluding hydrogens is 262 g/mol. The molecule has 0 unspecified atom stereocenters. The van der Waals surface area contributed by atoms with Crippen molar-refractivity contribution >= 4 is 11.7 Å². The van der Waals surface area contributed by atoms with Crippen LogP contribution in [0.1, 0.15) is 10.4 Å². The third-order valence-electron chi connectivity index (χ3n) is 2.59. The van der Waals surface area contributed by atoms with Crippen molar-refractivity contribution in [2.45, 2.75) is 0 Å². The summed E-state index contributed by atoms with van der Waals surface area (Å²) >= 11 is 0. The van der Waals surface area contributed by atoms with E-state index in [4.69, 9.17) is 9.47 Å². The Hall–Kier alpha value is -2.89.